The minimum Gasteiger partial charge on any atom is -0.495 e. The molecule has 0 spiro atoms. The van der Waals surface area contributed by atoms with Gasteiger partial charge in [-0.05, 0) is 61.6 Å². The molecule has 0 bridgehead atoms. The number of rotatable bonds is 5. The second-order valence-electron chi connectivity index (χ2n) is 9.16. The zero-order chi connectivity index (χ0) is 27.3. The van der Waals surface area contributed by atoms with Crippen molar-refractivity contribution in [2.75, 3.05) is 25.3 Å². The van der Waals surface area contributed by atoms with Crippen molar-refractivity contribution in [2.24, 2.45) is 0 Å². The molecule has 0 saturated heterocycles. The predicted molar refractivity (Wildman–Crippen MR) is 153 cm³/mol. The fourth-order valence-corrected chi connectivity index (χ4v) is 6.60. The molecule has 0 fully saturated rings. The topological polar surface area (TPSA) is 121 Å². The van der Waals surface area contributed by atoms with Gasteiger partial charge >= 0.3 is 5.97 Å². The molecule has 0 aliphatic heterocycles. The molecule has 1 aliphatic carbocycles. The molecular weight excluding hydrogens is 538 g/mol. The first-order chi connectivity index (χ1) is 18.9. The molecule has 1 aliphatic rings. The van der Waals surface area contributed by atoms with E-state index < -0.39 is 11.9 Å². The van der Waals surface area contributed by atoms with E-state index in [4.69, 9.17) is 36.8 Å². The molecule has 3 N–H and O–H groups in total. The normalized spacial score (nSPS) is 12.9. The fraction of sp³-hybridized carbons (Fsp3) is 0.214. The number of anilines is 2. The number of thiophene rings is 1. The molecule has 0 unspecified atom stereocenters. The number of esters is 1. The third-order valence-corrected chi connectivity index (χ3v) is 8.41. The summed E-state index contributed by atoms with van der Waals surface area (Å²) in [6.07, 6.45) is 3.64. The number of aromatic nitrogens is 3. The molecule has 39 heavy (non-hydrogen) atoms. The minimum atomic E-state index is -0.496. The fourth-order valence-electron chi connectivity index (χ4n) is 5.08. The van der Waals surface area contributed by atoms with E-state index >= 15 is 0 Å². The molecule has 198 valence electrons. The number of nitrogens with one attached hydrogen (secondary N) is 1. The van der Waals surface area contributed by atoms with Crippen LogP contribution in [0.15, 0.2) is 42.5 Å². The number of para-hydroxylation sites is 2. The maximum absolute atomic E-state index is 13.9. The number of nitrogens with zero attached hydrogens (tertiary/aromatic N) is 3. The van der Waals surface area contributed by atoms with Gasteiger partial charge in [0.25, 0.3) is 5.91 Å². The molecule has 1 amide bonds. The van der Waals surface area contributed by atoms with Gasteiger partial charge < -0.3 is 20.5 Å². The summed E-state index contributed by atoms with van der Waals surface area (Å²) < 4.78 is 12.0. The number of halogens is 1. The summed E-state index contributed by atoms with van der Waals surface area (Å²) in [5.74, 6) is -0.329. The summed E-state index contributed by atoms with van der Waals surface area (Å²) in [5, 5.41) is 3.77. The molecule has 0 radical (unpaired) electrons. The molecular formula is C28H24ClN5O4S. The van der Waals surface area contributed by atoms with E-state index in [1.807, 2.05) is 24.3 Å². The molecule has 9 nitrogen and oxygen atoms in total. The molecule has 6 rings (SSSR count). The number of ether oxygens (including phenoxy) is 2. The van der Waals surface area contributed by atoms with Crippen LogP contribution >= 0.6 is 22.9 Å². The lowest BCUT2D eigenvalue weighted by Gasteiger charge is -2.12. The van der Waals surface area contributed by atoms with E-state index in [-0.39, 0.29) is 11.4 Å². The van der Waals surface area contributed by atoms with Gasteiger partial charge in [0.15, 0.2) is 5.65 Å². The van der Waals surface area contributed by atoms with Crippen molar-refractivity contribution in [3.63, 3.8) is 0 Å². The van der Waals surface area contributed by atoms with Crippen molar-refractivity contribution in [1.29, 1.82) is 0 Å². The number of hydrogen-bond acceptors (Lipinski definition) is 8. The number of amides is 1. The lowest BCUT2D eigenvalue weighted by molar-refractivity contribution is 0.0601. The summed E-state index contributed by atoms with van der Waals surface area (Å²) in [6.45, 7) is 0. The average Bonchev–Trinajstić information content (AvgIpc) is 3.44. The van der Waals surface area contributed by atoms with Crippen LogP contribution in [0.1, 0.15) is 44.0 Å². The number of methoxy groups -OCH3 is 2. The Morgan fingerprint density at radius 2 is 1.79 bits per heavy atom. The highest BCUT2D eigenvalue weighted by molar-refractivity contribution is 7.17. The Kier molecular flexibility index (Phi) is 6.36. The summed E-state index contributed by atoms with van der Waals surface area (Å²) in [6, 6.07) is 12.6. The number of nitrogen functional groups attached to an aromatic ring is 1. The molecule has 11 heteroatoms. The largest absolute Gasteiger partial charge is 0.495 e. The van der Waals surface area contributed by atoms with Crippen LogP contribution in [0.4, 0.5) is 10.8 Å². The quantitative estimate of drug-likeness (QED) is 0.260. The van der Waals surface area contributed by atoms with Crippen LogP contribution in [0.3, 0.4) is 0 Å². The molecule has 5 aromatic rings. The monoisotopic (exact) mass is 561 g/mol. The lowest BCUT2D eigenvalue weighted by atomic mass is 9.95. The van der Waals surface area contributed by atoms with Crippen LogP contribution in [0.25, 0.3) is 27.9 Å². The number of carbonyl (C=O) groups excluding carboxylic acids is 2. The van der Waals surface area contributed by atoms with E-state index in [2.05, 4.69) is 5.32 Å². The molecule has 2 aromatic carbocycles. The van der Waals surface area contributed by atoms with Gasteiger partial charge in [0, 0.05) is 4.88 Å². The molecule has 3 aromatic heterocycles. The SMILES string of the molecule is COC(=O)c1c(NC(=O)c2c(N)n(-c3ccc(OC)c(Cl)c3)c3nc4ccccc4nc23)sc2c1CCCC2. The standard InChI is InChI=1S/C28H24ClN5O4S/c1-37-19-12-11-14(13-16(19)29)34-24(30)22(23-25(34)32-18-9-5-4-8-17(18)31-23)26(35)33-27-21(28(36)38-2)15-7-3-6-10-20(15)39-27/h4-5,8-9,11-13H,3,6-7,10,30H2,1-2H3,(H,33,35). The van der Waals surface area contributed by atoms with Gasteiger partial charge in [-0.15, -0.1) is 11.3 Å². The second kappa shape index (κ2) is 9.87. The number of carbonyl (C=O) groups is 2. The van der Waals surface area contributed by atoms with Crippen LogP contribution in [0, 0.1) is 0 Å². The second-order valence-corrected chi connectivity index (χ2v) is 10.7. The number of hydrogen-bond donors (Lipinski definition) is 2. The number of fused-ring (bicyclic) bond motifs is 3. The first-order valence-electron chi connectivity index (χ1n) is 12.4. The van der Waals surface area contributed by atoms with Gasteiger partial charge in [0.05, 0.1) is 41.5 Å². The zero-order valence-corrected chi connectivity index (χ0v) is 22.8. The highest BCUT2D eigenvalue weighted by atomic mass is 35.5. The Hall–Kier alpha value is -4.15. The van der Waals surface area contributed by atoms with E-state index in [9.17, 15) is 9.59 Å². The predicted octanol–water partition coefficient (Wildman–Crippen LogP) is 5.80. The zero-order valence-electron chi connectivity index (χ0n) is 21.2. The van der Waals surface area contributed by atoms with Crippen molar-refractivity contribution in [2.45, 2.75) is 25.7 Å². The molecule has 3 heterocycles. The van der Waals surface area contributed by atoms with E-state index in [0.29, 0.717) is 49.2 Å². The Balaban J connectivity index is 1.53. The van der Waals surface area contributed by atoms with E-state index in [0.717, 1.165) is 36.1 Å². The summed E-state index contributed by atoms with van der Waals surface area (Å²) in [7, 11) is 2.87. The summed E-state index contributed by atoms with van der Waals surface area (Å²) >= 11 is 7.83. The third kappa shape index (κ3) is 4.16. The van der Waals surface area contributed by atoms with Crippen molar-refractivity contribution >= 4 is 67.8 Å². The van der Waals surface area contributed by atoms with Crippen molar-refractivity contribution in [1.82, 2.24) is 14.5 Å². The smallest absolute Gasteiger partial charge is 0.341 e. The maximum atomic E-state index is 13.9. The maximum Gasteiger partial charge on any atom is 0.341 e. The van der Waals surface area contributed by atoms with Crippen molar-refractivity contribution in [3.05, 3.63) is 69.1 Å². The molecule has 0 atom stereocenters. The van der Waals surface area contributed by atoms with Crippen LogP contribution in [0.5, 0.6) is 5.75 Å². The first kappa shape index (κ1) is 25.1. The summed E-state index contributed by atoms with van der Waals surface area (Å²) in [4.78, 5) is 37.3. The first-order valence-corrected chi connectivity index (χ1v) is 13.6. The minimum absolute atomic E-state index is 0.139. The van der Waals surface area contributed by atoms with Gasteiger partial charge in [-0.1, -0.05) is 23.7 Å². The van der Waals surface area contributed by atoms with Crippen LogP contribution < -0.4 is 15.8 Å². The highest BCUT2D eigenvalue weighted by Gasteiger charge is 2.30. The van der Waals surface area contributed by atoms with Crippen molar-refractivity contribution < 1.29 is 19.1 Å². The van der Waals surface area contributed by atoms with Gasteiger partial charge in [-0.2, -0.15) is 0 Å². The third-order valence-electron chi connectivity index (χ3n) is 6.91. The number of nitrogens with two attached hydrogens (primary N) is 1. The number of benzene rings is 2. The Bertz CT molecular complexity index is 1790. The van der Waals surface area contributed by atoms with Gasteiger partial charge in [0.2, 0.25) is 0 Å². The van der Waals surface area contributed by atoms with Crippen LogP contribution in [-0.2, 0) is 17.6 Å². The number of aryl methyl sites for hydroxylation is 1. The lowest BCUT2D eigenvalue weighted by Crippen LogP contribution is -2.16. The van der Waals surface area contributed by atoms with Crippen LogP contribution in [0.2, 0.25) is 5.02 Å². The van der Waals surface area contributed by atoms with Crippen LogP contribution in [-0.4, -0.2) is 40.6 Å². The van der Waals surface area contributed by atoms with Gasteiger partial charge in [-0.3, -0.25) is 9.36 Å². The Labute approximate surface area is 232 Å². The Morgan fingerprint density at radius 1 is 1.05 bits per heavy atom. The Morgan fingerprint density at radius 3 is 2.51 bits per heavy atom. The highest BCUT2D eigenvalue weighted by Crippen LogP contribution is 2.40. The van der Waals surface area contributed by atoms with Gasteiger partial charge in [-0.25, -0.2) is 14.8 Å². The average molecular weight is 562 g/mol. The van der Waals surface area contributed by atoms with Crippen molar-refractivity contribution in [3.8, 4) is 11.4 Å². The summed E-state index contributed by atoms with van der Waals surface area (Å²) in [5.41, 5.74) is 10.8. The van der Waals surface area contributed by atoms with Gasteiger partial charge in [0.1, 0.15) is 27.6 Å². The van der Waals surface area contributed by atoms with E-state index in [1.165, 1.54) is 25.6 Å². The molecule has 0 saturated carbocycles. The van der Waals surface area contributed by atoms with E-state index in [1.54, 1.807) is 22.8 Å².